The lowest BCUT2D eigenvalue weighted by atomic mass is 9.85. The third-order valence-corrected chi connectivity index (χ3v) is 4.78. The van der Waals surface area contributed by atoms with Gasteiger partial charge in [0.1, 0.15) is 11.6 Å². The fourth-order valence-electron chi connectivity index (χ4n) is 3.85. The van der Waals surface area contributed by atoms with E-state index in [1.807, 2.05) is 4.90 Å². The molecule has 8 heteroatoms. The molecule has 0 aromatic rings. The second kappa shape index (κ2) is 7.09. The Morgan fingerprint density at radius 2 is 1.68 bits per heavy atom. The molecular weight excluding hydrogens is 326 g/mol. The Morgan fingerprint density at radius 3 is 2.08 bits per heavy atom. The Labute approximate surface area is 148 Å². The first-order chi connectivity index (χ1) is 11.5. The minimum atomic E-state index is -1.07. The van der Waals surface area contributed by atoms with Crippen molar-refractivity contribution in [1.29, 1.82) is 0 Å². The van der Waals surface area contributed by atoms with Crippen molar-refractivity contribution in [3.05, 3.63) is 0 Å². The molecule has 8 nitrogen and oxygen atoms in total. The van der Waals surface area contributed by atoms with Gasteiger partial charge in [-0.05, 0) is 52.4 Å². The molecule has 0 spiro atoms. The maximum absolute atomic E-state index is 12.3. The molecule has 2 bridgehead atoms. The van der Waals surface area contributed by atoms with E-state index < -0.39 is 23.7 Å². The van der Waals surface area contributed by atoms with Gasteiger partial charge in [0.15, 0.2) is 0 Å². The van der Waals surface area contributed by atoms with Gasteiger partial charge in [0.05, 0.1) is 0 Å². The molecule has 2 heterocycles. The van der Waals surface area contributed by atoms with Crippen molar-refractivity contribution in [1.82, 2.24) is 15.1 Å². The van der Waals surface area contributed by atoms with Gasteiger partial charge in [-0.1, -0.05) is 0 Å². The third-order valence-electron chi connectivity index (χ3n) is 4.78. The predicted octanol–water partition coefficient (Wildman–Crippen LogP) is 1.89. The monoisotopic (exact) mass is 355 g/mol. The van der Waals surface area contributed by atoms with Crippen LogP contribution in [0.2, 0.25) is 0 Å². The maximum atomic E-state index is 12.3. The van der Waals surface area contributed by atoms with Crippen molar-refractivity contribution in [2.45, 2.75) is 70.2 Å². The number of ether oxygens (including phenoxy) is 1. The molecule has 0 aromatic carbocycles. The molecule has 142 valence electrons. The first-order valence-electron chi connectivity index (χ1n) is 8.71. The number of alkyl carbamates (subject to hydrolysis) is 1. The first-order valence-corrected chi connectivity index (χ1v) is 8.71. The van der Waals surface area contributed by atoms with Crippen LogP contribution in [0.25, 0.3) is 0 Å². The van der Waals surface area contributed by atoms with Crippen LogP contribution in [0.1, 0.15) is 46.5 Å². The number of fused-ring (bicyclic) bond motifs is 2. The molecule has 2 aliphatic rings. The van der Waals surface area contributed by atoms with Gasteiger partial charge in [-0.2, -0.15) is 0 Å². The molecule has 2 rings (SSSR count). The summed E-state index contributed by atoms with van der Waals surface area (Å²) in [5, 5.41) is 12.1. The van der Waals surface area contributed by atoms with Crippen LogP contribution in [0.4, 0.5) is 9.59 Å². The zero-order chi connectivity index (χ0) is 18.9. The minimum absolute atomic E-state index is 0.0286. The van der Waals surface area contributed by atoms with Crippen molar-refractivity contribution in [2.24, 2.45) is 5.92 Å². The van der Waals surface area contributed by atoms with Gasteiger partial charge in [-0.25, -0.2) is 14.4 Å². The number of hydrogen-bond donors (Lipinski definition) is 2. The zero-order valence-corrected chi connectivity index (χ0v) is 15.6. The van der Waals surface area contributed by atoms with Crippen molar-refractivity contribution >= 4 is 18.1 Å². The van der Waals surface area contributed by atoms with Gasteiger partial charge in [0.2, 0.25) is 0 Å². The summed E-state index contributed by atoms with van der Waals surface area (Å²) < 4.78 is 5.18. The first kappa shape index (κ1) is 19.3. The smallest absolute Gasteiger partial charge is 0.408 e. The molecule has 2 fully saturated rings. The van der Waals surface area contributed by atoms with Gasteiger partial charge < -0.3 is 25.0 Å². The van der Waals surface area contributed by atoms with Gasteiger partial charge in [-0.15, -0.1) is 0 Å². The van der Waals surface area contributed by atoms with Crippen LogP contribution in [-0.2, 0) is 9.53 Å². The van der Waals surface area contributed by atoms with Gasteiger partial charge in [-0.3, -0.25) is 0 Å². The van der Waals surface area contributed by atoms with Gasteiger partial charge in [0.25, 0.3) is 0 Å². The number of carbonyl (C=O) groups excluding carboxylic acids is 2. The van der Waals surface area contributed by atoms with Crippen molar-refractivity contribution in [3.63, 3.8) is 0 Å². The summed E-state index contributed by atoms with van der Waals surface area (Å²) in [6.45, 7) is 5.19. The molecule has 0 saturated carbocycles. The van der Waals surface area contributed by atoms with Gasteiger partial charge in [0, 0.05) is 26.2 Å². The lowest BCUT2D eigenvalue weighted by molar-refractivity contribution is -0.141. The predicted molar refractivity (Wildman–Crippen MR) is 91.2 cm³/mol. The van der Waals surface area contributed by atoms with Crippen LogP contribution in [0.5, 0.6) is 0 Å². The molecule has 25 heavy (non-hydrogen) atoms. The fraction of sp³-hybridized carbons (Fsp3) is 0.824. The number of nitrogens with one attached hydrogen (secondary N) is 1. The number of nitrogens with zero attached hydrogens (tertiary/aromatic N) is 2. The van der Waals surface area contributed by atoms with Crippen LogP contribution in [0.15, 0.2) is 0 Å². The SMILES string of the molecule is CN(C)C(=O)N1C2CCC1CC(C(NC(=O)OC(C)(C)C)C(=O)O)C2. The Hall–Kier alpha value is -1.99. The summed E-state index contributed by atoms with van der Waals surface area (Å²) in [5.41, 5.74) is -0.687. The van der Waals surface area contributed by atoms with E-state index in [1.54, 1.807) is 39.8 Å². The Balaban J connectivity index is 2.06. The summed E-state index contributed by atoms with van der Waals surface area (Å²) in [4.78, 5) is 39.5. The number of carboxylic acids is 1. The Bertz CT molecular complexity index is 529. The summed E-state index contributed by atoms with van der Waals surface area (Å²) in [6, 6.07) is -0.977. The summed E-state index contributed by atoms with van der Waals surface area (Å²) in [6.07, 6.45) is 2.17. The number of carbonyl (C=O) groups is 3. The number of piperidine rings is 1. The van der Waals surface area contributed by atoms with E-state index in [2.05, 4.69) is 5.32 Å². The largest absolute Gasteiger partial charge is 0.480 e. The van der Waals surface area contributed by atoms with E-state index >= 15 is 0 Å². The van der Waals surface area contributed by atoms with E-state index in [4.69, 9.17) is 4.74 Å². The summed E-state index contributed by atoms with van der Waals surface area (Å²) in [5.74, 6) is -1.28. The third kappa shape index (κ3) is 4.55. The highest BCUT2D eigenvalue weighted by atomic mass is 16.6. The van der Waals surface area contributed by atoms with E-state index in [1.165, 1.54) is 0 Å². The Morgan fingerprint density at radius 1 is 1.16 bits per heavy atom. The average Bonchev–Trinajstić information content (AvgIpc) is 2.71. The lowest BCUT2D eigenvalue weighted by Crippen LogP contribution is -2.55. The van der Waals surface area contributed by atoms with Crippen molar-refractivity contribution < 1.29 is 24.2 Å². The highest BCUT2D eigenvalue weighted by Gasteiger charge is 2.47. The second-order valence-corrected chi connectivity index (χ2v) is 8.16. The molecule has 2 saturated heterocycles. The normalized spacial score (nSPS) is 26.8. The molecule has 0 radical (unpaired) electrons. The molecule has 2 N–H and O–H groups in total. The van der Waals surface area contributed by atoms with Crippen LogP contribution in [-0.4, -0.2) is 70.8 Å². The Kier molecular flexibility index (Phi) is 5.49. The number of aliphatic carboxylic acids is 1. The standard InChI is InChI=1S/C17H29N3O5/c1-17(2,3)25-15(23)18-13(14(21)22)10-8-11-6-7-12(9-10)20(11)16(24)19(4)5/h10-13H,6-9H2,1-5H3,(H,18,23)(H,21,22). The fourth-order valence-corrected chi connectivity index (χ4v) is 3.85. The van der Waals surface area contributed by atoms with Crippen LogP contribution >= 0.6 is 0 Å². The molecule has 3 amide bonds. The van der Waals surface area contributed by atoms with Gasteiger partial charge >= 0.3 is 18.1 Å². The summed E-state index contributed by atoms with van der Waals surface area (Å²) >= 11 is 0. The average molecular weight is 355 g/mol. The lowest BCUT2D eigenvalue weighted by Gasteiger charge is -2.41. The highest BCUT2D eigenvalue weighted by molar-refractivity contribution is 5.80. The number of carboxylic acid groups (broad SMARTS) is 1. The number of hydrogen-bond acceptors (Lipinski definition) is 4. The van der Waals surface area contributed by atoms with Crippen LogP contribution in [0, 0.1) is 5.92 Å². The second-order valence-electron chi connectivity index (χ2n) is 8.16. The number of rotatable bonds is 3. The van der Waals surface area contributed by atoms with Crippen LogP contribution in [0.3, 0.4) is 0 Å². The summed E-state index contributed by atoms with van der Waals surface area (Å²) in [7, 11) is 3.44. The minimum Gasteiger partial charge on any atom is -0.480 e. The number of amides is 3. The van der Waals surface area contributed by atoms with Crippen LogP contribution < -0.4 is 5.32 Å². The van der Waals surface area contributed by atoms with Crippen molar-refractivity contribution in [2.75, 3.05) is 14.1 Å². The molecule has 3 unspecified atom stereocenters. The van der Waals surface area contributed by atoms with Crippen molar-refractivity contribution in [3.8, 4) is 0 Å². The van der Waals surface area contributed by atoms with E-state index in [9.17, 15) is 19.5 Å². The molecular formula is C17H29N3O5. The zero-order valence-electron chi connectivity index (χ0n) is 15.6. The highest BCUT2D eigenvalue weighted by Crippen LogP contribution is 2.40. The maximum Gasteiger partial charge on any atom is 0.408 e. The van der Waals surface area contributed by atoms with E-state index in [0.717, 1.165) is 12.8 Å². The molecule has 0 aromatic heterocycles. The topological polar surface area (TPSA) is 99.2 Å². The quantitative estimate of drug-likeness (QED) is 0.805. The molecule has 3 atom stereocenters. The van der Waals surface area contributed by atoms with E-state index in [-0.39, 0.29) is 24.0 Å². The molecule has 2 aliphatic heterocycles. The number of urea groups is 1. The van der Waals surface area contributed by atoms with E-state index in [0.29, 0.717) is 12.8 Å². The molecule has 0 aliphatic carbocycles.